The van der Waals surface area contributed by atoms with Crippen molar-refractivity contribution in [2.75, 3.05) is 14.1 Å². The minimum absolute atomic E-state index is 0.689. The van der Waals surface area contributed by atoms with Gasteiger partial charge in [0.1, 0.15) is 10.0 Å². The van der Waals surface area contributed by atoms with Crippen LogP contribution < -0.4 is 0 Å². The van der Waals surface area contributed by atoms with Gasteiger partial charge in [-0.1, -0.05) is 16.1 Å². The largest absolute Gasteiger partial charge is 0.303 e. The van der Waals surface area contributed by atoms with Crippen LogP contribution >= 0.6 is 23.1 Å². The van der Waals surface area contributed by atoms with Gasteiger partial charge in [-0.05, 0) is 14.1 Å². The lowest BCUT2D eigenvalue weighted by molar-refractivity contribution is 0.396. The first kappa shape index (κ1) is 7.91. The monoisotopic (exact) mass is 177 g/mol. The Morgan fingerprint density at radius 2 is 2.30 bits per heavy atom. The van der Waals surface area contributed by atoms with Crippen LogP contribution in [-0.2, 0) is 6.54 Å². The van der Waals surface area contributed by atoms with Crippen molar-refractivity contribution < 1.29 is 0 Å². The van der Waals surface area contributed by atoms with Crippen LogP contribution in [0.5, 0.6) is 0 Å². The molecule has 0 spiro atoms. The normalized spacial score (nSPS) is 10.8. The number of rotatable bonds is 2. The first-order valence-corrected chi connectivity index (χ1v) is 3.96. The summed E-state index contributed by atoms with van der Waals surface area (Å²) in [5, 5.41) is 3.85. The molecule has 0 bridgehead atoms. The standard InChI is InChI=1S/C5H8ClN3S/c1-9(2)3-4-5(6)10-8-7-4/h3H2,1-2H3. The highest BCUT2D eigenvalue weighted by Gasteiger charge is 2.04. The van der Waals surface area contributed by atoms with E-state index in [1.165, 1.54) is 11.5 Å². The highest BCUT2D eigenvalue weighted by atomic mass is 35.5. The number of aromatic nitrogens is 2. The molecule has 1 rings (SSSR count). The van der Waals surface area contributed by atoms with Crippen molar-refractivity contribution in [1.82, 2.24) is 14.5 Å². The summed E-state index contributed by atoms with van der Waals surface area (Å²) in [5.74, 6) is 0. The topological polar surface area (TPSA) is 29.0 Å². The van der Waals surface area contributed by atoms with E-state index in [1.807, 2.05) is 19.0 Å². The van der Waals surface area contributed by atoms with Crippen molar-refractivity contribution in [2.24, 2.45) is 0 Å². The highest BCUT2D eigenvalue weighted by molar-refractivity contribution is 7.10. The predicted octanol–water partition coefficient (Wildman–Crippen LogP) is 1.25. The fourth-order valence-corrected chi connectivity index (χ4v) is 1.20. The van der Waals surface area contributed by atoms with Gasteiger partial charge < -0.3 is 4.90 Å². The lowest BCUT2D eigenvalue weighted by Crippen LogP contribution is -2.11. The van der Waals surface area contributed by atoms with Gasteiger partial charge in [-0.25, -0.2) is 0 Å². The van der Waals surface area contributed by atoms with Crippen LogP contribution in [0.25, 0.3) is 0 Å². The molecule has 0 saturated carbocycles. The Hall–Kier alpha value is -0.190. The molecule has 3 nitrogen and oxygen atoms in total. The van der Waals surface area contributed by atoms with E-state index in [-0.39, 0.29) is 0 Å². The van der Waals surface area contributed by atoms with Crippen LogP contribution in [0.4, 0.5) is 0 Å². The van der Waals surface area contributed by atoms with Crippen molar-refractivity contribution in [1.29, 1.82) is 0 Å². The molecule has 0 unspecified atom stereocenters. The van der Waals surface area contributed by atoms with Crippen LogP contribution in [0.2, 0.25) is 4.34 Å². The minimum atomic E-state index is 0.689. The third-order valence-corrected chi connectivity index (χ3v) is 1.96. The second-order valence-electron chi connectivity index (χ2n) is 2.23. The van der Waals surface area contributed by atoms with Crippen LogP contribution in [0.1, 0.15) is 5.69 Å². The summed E-state index contributed by atoms with van der Waals surface area (Å²) in [6.07, 6.45) is 0. The van der Waals surface area contributed by atoms with Gasteiger partial charge in [0.2, 0.25) is 0 Å². The molecule has 0 aromatic carbocycles. The van der Waals surface area contributed by atoms with Crippen LogP contribution in [-0.4, -0.2) is 28.6 Å². The van der Waals surface area contributed by atoms with E-state index in [1.54, 1.807) is 0 Å². The first-order valence-electron chi connectivity index (χ1n) is 2.81. The van der Waals surface area contributed by atoms with E-state index < -0.39 is 0 Å². The summed E-state index contributed by atoms with van der Waals surface area (Å²) in [6, 6.07) is 0. The van der Waals surface area contributed by atoms with Crippen molar-refractivity contribution in [3.05, 3.63) is 10.0 Å². The molecule has 0 aliphatic rings. The average Bonchev–Trinajstić information content (AvgIpc) is 2.15. The smallest absolute Gasteiger partial charge is 0.138 e. The SMILES string of the molecule is CN(C)Cc1nnsc1Cl. The molecule has 0 saturated heterocycles. The molecule has 56 valence electrons. The van der Waals surface area contributed by atoms with Gasteiger partial charge in [-0.15, -0.1) is 5.10 Å². The van der Waals surface area contributed by atoms with Gasteiger partial charge in [-0.3, -0.25) is 0 Å². The Morgan fingerprint density at radius 3 is 2.70 bits per heavy atom. The molecule has 10 heavy (non-hydrogen) atoms. The number of hydrogen-bond acceptors (Lipinski definition) is 4. The molecule has 0 atom stereocenters. The zero-order valence-corrected chi connectivity index (χ0v) is 7.41. The van der Waals surface area contributed by atoms with E-state index in [0.717, 1.165) is 12.2 Å². The highest BCUT2D eigenvalue weighted by Crippen LogP contribution is 2.17. The van der Waals surface area contributed by atoms with Gasteiger partial charge in [0.15, 0.2) is 0 Å². The lowest BCUT2D eigenvalue weighted by Gasteiger charge is -2.05. The van der Waals surface area contributed by atoms with Crippen molar-refractivity contribution in [3.63, 3.8) is 0 Å². The van der Waals surface area contributed by atoms with Gasteiger partial charge >= 0.3 is 0 Å². The second kappa shape index (κ2) is 3.27. The third kappa shape index (κ3) is 1.90. The van der Waals surface area contributed by atoms with Crippen LogP contribution in [0, 0.1) is 0 Å². The summed E-state index contributed by atoms with van der Waals surface area (Å²) >= 11 is 6.97. The van der Waals surface area contributed by atoms with Crippen LogP contribution in [0.15, 0.2) is 0 Å². The minimum Gasteiger partial charge on any atom is -0.303 e. The Morgan fingerprint density at radius 1 is 1.60 bits per heavy atom. The molecule has 0 aliphatic carbocycles. The maximum absolute atomic E-state index is 5.75. The van der Waals surface area contributed by atoms with Crippen LogP contribution in [0.3, 0.4) is 0 Å². The average molecular weight is 178 g/mol. The van der Waals surface area contributed by atoms with E-state index in [4.69, 9.17) is 11.6 Å². The number of hydrogen-bond donors (Lipinski definition) is 0. The Bertz CT molecular complexity index is 210. The van der Waals surface area contributed by atoms with E-state index in [2.05, 4.69) is 9.59 Å². The molecule has 0 amide bonds. The molecule has 5 heteroatoms. The quantitative estimate of drug-likeness (QED) is 0.681. The maximum atomic E-state index is 5.75. The van der Waals surface area contributed by atoms with Gasteiger partial charge in [0.25, 0.3) is 0 Å². The second-order valence-corrected chi connectivity index (χ2v) is 3.59. The van der Waals surface area contributed by atoms with Crippen molar-refractivity contribution in [3.8, 4) is 0 Å². The zero-order chi connectivity index (χ0) is 7.56. The maximum Gasteiger partial charge on any atom is 0.138 e. The Kier molecular flexibility index (Phi) is 2.59. The molecular formula is C5H8ClN3S. The molecule has 1 aromatic rings. The Labute approximate surface area is 68.8 Å². The van der Waals surface area contributed by atoms with Gasteiger partial charge in [0, 0.05) is 18.1 Å². The molecule has 0 aliphatic heterocycles. The molecule has 0 radical (unpaired) electrons. The fourth-order valence-electron chi connectivity index (χ4n) is 0.591. The van der Waals surface area contributed by atoms with Gasteiger partial charge in [-0.2, -0.15) is 0 Å². The summed E-state index contributed by atoms with van der Waals surface area (Å²) in [4.78, 5) is 2.00. The molecule has 0 fully saturated rings. The summed E-state index contributed by atoms with van der Waals surface area (Å²) < 4.78 is 4.40. The third-order valence-electron chi connectivity index (χ3n) is 0.975. The fraction of sp³-hybridized carbons (Fsp3) is 0.600. The summed E-state index contributed by atoms with van der Waals surface area (Å²) in [7, 11) is 3.94. The van der Waals surface area contributed by atoms with Crippen molar-refractivity contribution >= 4 is 23.1 Å². The van der Waals surface area contributed by atoms with E-state index >= 15 is 0 Å². The Balaban J connectivity index is 2.65. The molecule has 0 N–H and O–H groups in total. The molecular weight excluding hydrogens is 170 g/mol. The zero-order valence-electron chi connectivity index (χ0n) is 5.83. The van der Waals surface area contributed by atoms with E-state index in [0.29, 0.717) is 4.34 Å². The number of halogens is 1. The summed E-state index contributed by atoms with van der Waals surface area (Å²) in [6.45, 7) is 0.759. The molecule has 1 heterocycles. The van der Waals surface area contributed by atoms with Gasteiger partial charge in [0.05, 0.1) is 0 Å². The summed E-state index contributed by atoms with van der Waals surface area (Å²) in [5.41, 5.74) is 0.858. The predicted molar refractivity (Wildman–Crippen MR) is 42.3 cm³/mol. The lowest BCUT2D eigenvalue weighted by atomic mass is 10.5. The first-order chi connectivity index (χ1) is 4.70. The number of nitrogens with zero attached hydrogens (tertiary/aromatic N) is 3. The molecule has 1 aromatic heterocycles. The van der Waals surface area contributed by atoms with Crippen molar-refractivity contribution in [2.45, 2.75) is 6.54 Å². The van der Waals surface area contributed by atoms with E-state index in [9.17, 15) is 0 Å².